The van der Waals surface area contributed by atoms with Gasteiger partial charge in [0.25, 0.3) is 0 Å². The first-order valence-corrected chi connectivity index (χ1v) is 6.84. The average molecular weight is 279 g/mol. The highest BCUT2D eigenvalue weighted by molar-refractivity contribution is 7.09. The summed E-state index contributed by atoms with van der Waals surface area (Å²) < 4.78 is 1.31. The van der Waals surface area contributed by atoms with E-state index in [1.165, 1.54) is 4.68 Å². The highest BCUT2D eigenvalue weighted by atomic mass is 32.1. The SMILES string of the molecule is Nc1nnnn1CC(=O)N1CCC[C@H]1c1nccs1. The van der Waals surface area contributed by atoms with E-state index in [1.54, 1.807) is 17.5 Å². The van der Waals surface area contributed by atoms with Crippen LogP contribution in [0.4, 0.5) is 5.95 Å². The Balaban J connectivity index is 1.74. The molecule has 0 aliphatic carbocycles. The zero-order valence-corrected chi connectivity index (χ0v) is 11.0. The normalized spacial score (nSPS) is 18.9. The summed E-state index contributed by atoms with van der Waals surface area (Å²) in [6.07, 6.45) is 3.70. The maximum atomic E-state index is 12.3. The van der Waals surface area contributed by atoms with Crippen molar-refractivity contribution >= 4 is 23.2 Å². The molecule has 2 aromatic heterocycles. The molecule has 1 atom stereocenters. The lowest BCUT2D eigenvalue weighted by Gasteiger charge is -2.22. The monoisotopic (exact) mass is 279 g/mol. The molecule has 1 saturated heterocycles. The van der Waals surface area contributed by atoms with E-state index in [9.17, 15) is 4.79 Å². The lowest BCUT2D eigenvalue weighted by atomic mass is 10.2. The first-order chi connectivity index (χ1) is 9.25. The largest absolute Gasteiger partial charge is 0.367 e. The third kappa shape index (κ3) is 2.28. The molecule has 3 heterocycles. The molecule has 100 valence electrons. The van der Waals surface area contributed by atoms with Crippen LogP contribution < -0.4 is 5.73 Å². The fourth-order valence-corrected chi connectivity index (χ4v) is 3.05. The molecule has 0 unspecified atom stereocenters. The van der Waals surface area contributed by atoms with Crippen molar-refractivity contribution in [3.05, 3.63) is 16.6 Å². The Morgan fingerprint density at radius 3 is 3.16 bits per heavy atom. The maximum Gasteiger partial charge on any atom is 0.245 e. The third-order valence-electron chi connectivity index (χ3n) is 3.15. The Hall–Kier alpha value is -2.03. The summed E-state index contributed by atoms with van der Waals surface area (Å²) in [5, 5.41) is 13.6. The maximum absolute atomic E-state index is 12.3. The molecule has 0 spiro atoms. The summed E-state index contributed by atoms with van der Waals surface area (Å²) in [7, 11) is 0. The fraction of sp³-hybridized carbons (Fsp3) is 0.500. The minimum atomic E-state index is -0.0308. The number of tetrazole rings is 1. The Morgan fingerprint density at radius 2 is 2.47 bits per heavy atom. The second-order valence-electron chi connectivity index (χ2n) is 4.31. The van der Waals surface area contributed by atoms with Crippen molar-refractivity contribution in [1.82, 2.24) is 30.1 Å². The standard InChI is InChI=1S/C10H13N7OS/c11-10-13-14-15-17(10)6-8(18)16-4-1-2-7(16)9-12-3-5-19-9/h3,5,7H,1-2,4,6H2,(H2,11,13,15)/t7-/m0/s1. The average Bonchev–Trinajstić information content (AvgIpc) is 3.09. The van der Waals surface area contributed by atoms with Gasteiger partial charge in [0.1, 0.15) is 11.6 Å². The number of nitrogens with two attached hydrogens (primary N) is 1. The summed E-state index contributed by atoms with van der Waals surface area (Å²) in [6, 6.07) is 0.0743. The smallest absolute Gasteiger partial charge is 0.245 e. The van der Waals surface area contributed by atoms with Crippen molar-refractivity contribution in [1.29, 1.82) is 0 Å². The number of nitrogen functional groups attached to an aromatic ring is 1. The highest BCUT2D eigenvalue weighted by Crippen LogP contribution is 2.33. The molecule has 0 bridgehead atoms. The van der Waals surface area contributed by atoms with Crippen LogP contribution in [0.25, 0.3) is 0 Å². The van der Waals surface area contributed by atoms with Crippen LogP contribution in [0.2, 0.25) is 0 Å². The number of thiazole rings is 1. The van der Waals surface area contributed by atoms with Gasteiger partial charge in [0.05, 0.1) is 6.04 Å². The lowest BCUT2D eigenvalue weighted by molar-refractivity contribution is -0.133. The molecule has 0 radical (unpaired) electrons. The van der Waals surface area contributed by atoms with Gasteiger partial charge in [-0.05, 0) is 23.3 Å². The Morgan fingerprint density at radius 1 is 1.58 bits per heavy atom. The number of likely N-dealkylation sites (tertiary alicyclic amines) is 1. The van der Waals surface area contributed by atoms with E-state index in [4.69, 9.17) is 5.73 Å². The number of rotatable bonds is 3. The van der Waals surface area contributed by atoms with Crippen LogP contribution in [0.5, 0.6) is 0 Å². The van der Waals surface area contributed by atoms with Crippen LogP contribution in [0.3, 0.4) is 0 Å². The Labute approximate surface area is 113 Å². The third-order valence-corrected chi connectivity index (χ3v) is 4.03. The summed E-state index contributed by atoms with van der Waals surface area (Å²) >= 11 is 1.58. The van der Waals surface area contributed by atoms with Gasteiger partial charge >= 0.3 is 0 Å². The molecule has 8 nitrogen and oxygen atoms in total. The van der Waals surface area contributed by atoms with Crippen molar-refractivity contribution in [2.75, 3.05) is 12.3 Å². The van der Waals surface area contributed by atoms with Gasteiger partial charge in [-0.25, -0.2) is 9.67 Å². The fourth-order valence-electron chi connectivity index (χ4n) is 2.26. The predicted octanol–water partition coefficient (Wildman–Crippen LogP) is 0.0755. The molecular weight excluding hydrogens is 266 g/mol. The number of carbonyl (C=O) groups is 1. The molecule has 2 aromatic rings. The number of anilines is 1. The summed E-state index contributed by atoms with van der Waals surface area (Å²) in [4.78, 5) is 18.4. The first-order valence-electron chi connectivity index (χ1n) is 5.96. The molecule has 1 aliphatic rings. The van der Waals surface area contributed by atoms with Gasteiger partial charge in [-0.1, -0.05) is 5.10 Å². The molecule has 3 rings (SSSR count). The minimum absolute atomic E-state index is 0.0308. The van der Waals surface area contributed by atoms with Gasteiger partial charge in [-0.2, -0.15) is 0 Å². The lowest BCUT2D eigenvalue weighted by Crippen LogP contribution is -2.34. The van der Waals surface area contributed by atoms with E-state index in [-0.39, 0.29) is 24.4 Å². The molecule has 2 N–H and O–H groups in total. The van der Waals surface area contributed by atoms with Gasteiger partial charge in [-0.15, -0.1) is 11.3 Å². The molecule has 0 saturated carbocycles. The van der Waals surface area contributed by atoms with E-state index < -0.39 is 0 Å². The molecule has 1 amide bonds. The summed E-state index contributed by atoms with van der Waals surface area (Å²) in [5.74, 6) is 0.120. The predicted molar refractivity (Wildman–Crippen MR) is 68.0 cm³/mol. The van der Waals surface area contributed by atoms with Crippen LogP contribution in [-0.4, -0.2) is 42.5 Å². The quantitative estimate of drug-likeness (QED) is 0.853. The van der Waals surface area contributed by atoms with E-state index in [0.717, 1.165) is 24.4 Å². The van der Waals surface area contributed by atoms with Crippen molar-refractivity contribution < 1.29 is 4.79 Å². The van der Waals surface area contributed by atoms with E-state index >= 15 is 0 Å². The first kappa shape index (κ1) is 12.0. The number of hydrogen-bond acceptors (Lipinski definition) is 7. The van der Waals surface area contributed by atoms with Crippen LogP contribution in [-0.2, 0) is 11.3 Å². The molecule has 1 fully saturated rings. The van der Waals surface area contributed by atoms with Crippen LogP contribution >= 0.6 is 11.3 Å². The van der Waals surface area contributed by atoms with Gasteiger partial charge in [-0.3, -0.25) is 4.79 Å². The second kappa shape index (κ2) is 4.92. The Kier molecular flexibility index (Phi) is 3.11. The van der Waals surface area contributed by atoms with Gasteiger partial charge < -0.3 is 10.6 Å². The second-order valence-corrected chi connectivity index (χ2v) is 5.24. The zero-order chi connectivity index (χ0) is 13.2. The van der Waals surface area contributed by atoms with Gasteiger partial charge in [0.2, 0.25) is 11.9 Å². The number of carbonyl (C=O) groups excluding carboxylic acids is 1. The zero-order valence-electron chi connectivity index (χ0n) is 10.1. The Bertz CT molecular complexity index is 566. The molecule has 19 heavy (non-hydrogen) atoms. The molecular formula is C10H13N7OS. The van der Waals surface area contributed by atoms with E-state index in [2.05, 4.69) is 20.5 Å². The van der Waals surface area contributed by atoms with Crippen LogP contribution in [0.1, 0.15) is 23.9 Å². The highest BCUT2D eigenvalue weighted by Gasteiger charge is 2.31. The van der Waals surface area contributed by atoms with E-state index in [1.807, 2.05) is 10.3 Å². The molecule has 1 aliphatic heterocycles. The summed E-state index contributed by atoms with van der Waals surface area (Å²) in [5.41, 5.74) is 5.56. The van der Waals surface area contributed by atoms with Gasteiger partial charge in [0.15, 0.2) is 0 Å². The van der Waals surface area contributed by atoms with Crippen LogP contribution in [0, 0.1) is 0 Å². The summed E-state index contributed by atoms with van der Waals surface area (Å²) in [6.45, 7) is 0.811. The molecule has 0 aromatic carbocycles. The van der Waals surface area contributed by atoms with Crippen LogP contribution in [0.15, 0.2) is 11.6 Å². The van der Waals surface area contributed by atoms with Crippen molar-refractivity contribution in [2.45, 2.75) is 25.4 Å². The topological polar surface area (TPSA) is 103 Å². The molecule has 9 heteroatoms. The number of hydrogen-bond donors (Lipinski definition) is 1. The van der Waals surface area contributed by atoms with Gasteiger partial charge in [0, 0.05) is 18.1 Å². The number of amides is 1. The minimum Gasteiger partial charge on any atom is -0.367 e. The van der Waals surface area contributed by atoms with E-state index in [0.29, 0.717) is 0 Å². The van der Waals surface area contributed by atoms with Crippen molar-refractivity contribution in [3.63, 3.8) is 0 Å². The number of nitrogens with zero attached hydrogens (tertiary/aromatic N) is 6. The number of aromatic nitrogens is 5. The van der Waals surface area contributed by atoms with Crippen molar-refractivity contribution in [2.24, 2.45) is 0 Å². The van der Waals surface area contributed by atoms with Crippen molar-refractivity contribution in [3.8, 4) is 0 Å².